The molecule has 1 aromatic carbocycles. The number of aliphatic hydroxyl groups is 1. The first kappa shape index (κ1) is 16.2. The minimum Gasteiger partial charge on any atom is -0.392 e. The number of nitrogens with zero attached hydrogens (tertiary/aromatic N) is 1. The largest absolute Gasteiger partial charge is 0.392 e. The van der Waals surface area contributed by atoms with E-state index in [0.29, 0.717) is 28.7 Å². The molecule has 0 heterocycles. The molecule has 106 valence electrons. The minimum atomic E-state index is -0.429. The van der Waals surface area contributed by atoms with Gasteiger partial charge in [-0.25, -0.2) is 0 Å². The highest BCUT2D eigenvalue weighted by atomic mass is 35.5. The van der Waals surface area contributed by atoms with E-state index in [4.69, 9.17) is 23.2 Å². The number of anilines is 1. The number of carbonyl (C=O) groups excluding carboxylic acids is 1. The summed E-state index contributed by atoms with van der Waals surface area (Å²) in [5, 5.41) is 13.0. The molecular weight excluding hydrogens is 287 g/mol. The molecule has 19 heavy (non-hydrogen) atoms. The van der Waals surface area contributed by atoms with E-state index in [1.807, 2.05) is 6.92 Å². The Bertz CT molecular complexity index is 420. The first-order valence-corrected chi connectivity index (χ1v) is 6.80. The second-order valence-corrected chi connectivity index (χ2v) is 5.22. The SMILES string of the molecule is CCC(O)CN(C)CC(=O)Nc1c(Cl)cccc1Cl. The predicted molar refractivity (Wildman–Crippen MR) is 78.9 cm³/mol. The number of likely N-dealkylation sites (N-methyl/N-ethyl adjacent to an activating group) is 1. The molecule has 0 aliphatic rings. The summed E-state index contributed by atoms with van der Waals surface area (Å²) in [7, 11) is 1.77. The lowest BCUT2D eigenvalue weighted by atomic mass is 10.2. The first-order valence-electron chi connectivity index (χ1n) is 6.04. The number of hydrogen-bond donors (Lipinski definition) is 2. The number of benzene rings is 1. The third-order valence-corrected chi connectivity index (χ3v) is 3.26. The van der Waals surface area contributed by atoms with Gasteiger partial charge in [-0.3, -0.25) is 9.69 Å². The molecule has 0 aliphatic carbocycles. The minimum absolute atomic E-state index is 0.165. The highest BCUT2D eigenvalue weighted by molar-refractivity contribution is 6.39. The summed E-state index contributed by atoms with van der Waals surface area (Å²) in [6.45, 7) is 2.50. The molecule has 4 nitrogen and oxygen atoms in total. The van der Waals surface area contributed by atoms with Gasteiger partial charge in [0.25, 0.3) is 0 Å². The first-order chi connectivity index (χ1) is 8.93. The molecule has 0 radical (unpaired) electrons. The normalized spacial score (nSPS) is 12.5. The lowest BCUT2D eigenvalue weighted by molar-refractivity contribution is -0.117. The van der Waals surface area contributed by atoms with Crippen molar-refractivity contribution in [2.24, 2.45) is 0 Å². The van der Waals surface area contributed by atoms with E-state index in [1.54, 1.807) is 30.1 Å². The van der Waals surface area contributed by atoms with Crippen molar-refractivity contribution >= 4 is 34.8 Å². The quantitative estimate of drug-likeness (QED) is 0.849. The van der Waals surface area contributed by atoms with Crippen LogP contribution in [0.15, 0.2) is 18.2 Å². The van der Waals surface area contributed by atoms with E-state index < -0.39 is 6.10 Å². The third-order valence-electron chi connectivity index (χ3n) is 2.63. The zero-order chi connectivity index (χ0) is 14.4. The van der Waals surface area contributed by atoms with Crippen LogP contribution in [0.25, 0.3) is 0 Å². The molecule has 1 atom stereocenters. The highest BCUT2D eigenvalue weighted by Gasteiger charge is 2.13. The van der Waals surface area contributed by atoms with Gasteiger partial charge in [-0.2, -0.15) is 0 Å². The van der Waals surface area contributed by atoms with Crippen molar-refractivity contribution in [3.63, 3.8) is 0 Å². The molecule has 0 saturated heterocycles. The summed E-state index contributed by atoms with van der Waals surface area (Å²) in [5.41, 5.74) is 0.417. The number of nitrogens with one attached hydrogen (secondary N) is 1. The maximum atomic E-state index is 11.8. The maximum Gasteiger partial charge on any atom is 0.238 e. The van der Waals surface area contributed by atoms with E-state index in [9.17, 15) is 9.90 Å². The topological polar surface area (TPSA) is 52.6 Å². The van der Waals surface area contributed by atoms with Crippen molar-refractivity contribution in [2.45, 2.75) is 19.4 Å². The van der Waals surface area contributed by atoms with Crippen molar-refractivity contribution in [3.05, 3.63) is 28.2 Å². The van der Waals surface area contributed by atoms with E-state index >= 15 is 0 Å². The number of carbonyl (C=O) groups is 1. The van der Waals surface area contributed by atoms with Crippen molar-refractivity contribution in [2.75, 3.05) is 25.5 Å². The van der Waals surface area contributed by atoms with Gasteiger partial charge in [0.15, 0.2) is 0 Å². The number of halogens is 2. The third kappa shape index (κ3) is 5.37. The van der Waals surface area contributed by atoms with E-state index in [2.05, 4.69) is 5.32 Å². The second-order valence-electron chi connectivity index (χ2n) is 4.40. The van der Waals surface area contributed by atoms with Crippen LogP contribution in [0.4, 0.5) is 5.69 Å². The van der Waals surface area contributed by atoms with Gasteiger partial charge in [-0.1, -0.05) is 36.2 Å². The molecule has 0 spiro atoms. The zero-order valence-electron chi connectivity index (χ0n) is 11.0. The van der Waals surface area contributed by atoms with Gasteiger partial charge in [0.1, 0.15) is 0 Å². The molecule has 1 amide bonds. The van der Waals surface area contributed by atoms with Crippen LogP contribution >= 0.6 is 23.2 Å². The van der Waals surface area contributed by atoms with Crippen LogP contribution in [0.2, 0.25) is 10.0 Å². The van der Waals surface area contributed by atoms with Gasteiger partial charge < -0.3 is 10.4 Å². The second kappa shape index (κ2) is 7.70. The molecule has 0 fully saturated rings. The van der Waals surface area contributed by atoms with Gasteiger partial charge in [-0.05, 0) is 25.6 Å². The molecule has 1 unspecified atom stereocenters. The van der Waals surface area contributed by atoms with E-state index in [-0.39, 0.29) is 12.5 Å². The van der Waals surface area contributed by atoms with Crippen molar-refractivity contribution < 1.29 is 9.90 Å². The highest BCUT2D eigenvalue weighted by Crippen LogP contribution is 2.29. The average Bonchev–Trinajstić information content (AvgIpc) is 2.33. The Hall–Kier alpha value is -0.810. The molecular formula is C13H18Cl2N2O2. The predicted octanol–water partition coefficient (Wildman–Crippen LogP) is 2.63. The Kier molecular flexibility index (Phi) is 6.58. The summed E-state index contributed by atoms with van der Waals surface area (Å²) < 4.78 is 0. The standard InChI is InChI=1S/C13H18Cl2N2O2/c1-3-9(18)7-17(2)8-12(19)16-13-10(14)5-4-6-11(13)15/h4-6,9,18H,3,7-8H2,1-2H3,(H,16,19). The fourth-order valence-corrected chi connectivity index (χ4v) is 2.09. The van der Waals surface area contributed by atoms with Crippen LogP contribution in [0.1, 0.15) is 13.3 Å². The molecule has 1 aromatic rings. The summed E-state index contributed by atoms with van der Waals surface area (Å²) >= 11 is 11.9. The molecule has 0 aliphatic heterocycles. The molecule has 0 saturated carbocycles. The van der Waals surface area contributed by atoms with Gasteiger partial charge >= 0.3 is 0 Å². The Balaban J connectivity index is 2.56. The van der Waals surface area contributed by atoms with Gasteiger partial charge in [0, 0.05) is 6.54 Å². The van der Waals surface area contributed by atoms with Crippen LogP contribution in [-0.2, 0) is 4.79 Å². The molecule has 1 rings (SSSR count). The van der Waals surface area contributed by atoms with Gasteiger partial charge in [0.2, 0.25) is 5.91 Å². The molecule has 0 bridgehead atoms. The van der Waals surface area contributed by atoms with E-state index in [0.717, 1.165) is 0 Å². The summed E-state index contributed by atoms with van der Waals surface area (Å²) in [5.74, 6) is -0.221. The zero-order valence-corrected chi connectivity index (χ0v) is 12.5. The lowest BCUT2D eigenvalue weighted by Crippen LogP contribution is -2.35. The van der Waals surface area contributed by atoms with Crippen LogP contribution in [0.3, 0.4) is 0 Å². The number of para-hydroxylation sites is 1. The van der Waals surface area contributed by atoms with Crippen molar-refractivity contribution in [1.82, 2.24) is 4.90 Å². The Morgan fingerprint density at radius 1 is 1.42 bits per heavy atom. The fraction of sp³-hybridized carbons (Fsp3) is 0.462. The van der Waals surface area contributed by atoms with E-state index in [1.165, 1.54) is 0 Å². The Labute approximate surface area is 123 Å². The van der Waals surface area contributed by atoms with Crippen LogP contribution in [-0.4, -0.2) is 42.2 Å². The maximum absolute atomic E-state index is 11.8. The van der Waals surface area contributed by atoms with Crippen LogP contribution in [0, 0.1) is 0 Å². The lowest BCUT2D eigenvalue weighted by Gasteiger charge is -2.19. The Morgan fingerprint density at radius 2 is 2.00 bits per heavy atom. The van der Waals surface area contributed by atoms with Crippen molar-refractivity contribution in [3.8, 4) is 0 Å². The van der Waals surface area contributed by atoms with Gasteiger partial charge in [-0.15, -0.1) is 0 Å². The molecule has 2 N–H and O–H groups in total. The van der Waals surface area contributed by atoms with Crippen molar-refractivity contribution in [1.29, 1.82) is 0 Å². The monoisotopic (exact) mass is 304 g/mol. The number of rotatable bonds is 6. The number of hydrogen-bond acceptors (Lipinski definition) is 3. The number of aliphatic hydroxyl groups excluding tert-OH is 1. The average molecular weight is 305 g/mol. The summed E-state index contributed by atoms with van der Waals surface area (Å²) in [6.07, 6.45) is 0.226. The molecule has 0 aromatic heterocycles. The summed E-state index contributed by atoms with van der Waals surface area (Å²) in [6, 6.07) is 5.03. The van der Waals surface area contributed by atoms with Gasteiger partial charge in [0.05, 0.1) is 28.4 Å². The van der Waals surface area contributed by atoms with Crippen LogP contribution < -0.4 is 5.32 Å². The fourth-order valence-electron chi connectivity index (χ4n) is 1.59. The Morgan fingerprint density at radius 3 is 2.53 bits per heavy atom. The molecule has 6 heteroatoms. The smallest absolute Gasteiger partial charge is 0.238 e. The van der Waals surface area contributed by atoms with Crippen LogP contribution in [0.5, 0.6) is 0 Å². The number of amides is 1. The summed E-state index contributed by atoms with van der Waals surface area (Å²) in [4.78, 5) is 13.6.